The molecule has 1 atom stereocenters. The van der Waals surface area contributed by atoms with Crippen LogP contribution < -0.4 is 0 Å². The van der Waals surface area contributed by atoms with Gasteiger partial charge < -0.3 is 9.84 Å². The molecular formula is C34H66O3. The number of aliphatic hydroxyl groups excluding tert-OH is 1. The molecule has 0 rings (SSSR count). The van der Waals surface area contributed by atoms with Crippen molar-refractivity contribution in [1.82, 2.24) is 0 Å². The molecule has 220 valence electrons. The maximum Gasteiger partial charge on any atom is 0.334 e. The minimum Gasteiger partial charge on any atom is -0.467 e. The monoisotopic (exact) mass is 523 g/mol. The van der Waals surface area contributed by atoms with Gasteiger partial charge in [0.15, 0.2) is 6.10 Å². The third kappa shape index (κ3) is 29.6. The van der Waals surface area contributed by atoms with Gasteiger partial charge in [0.25, 0.3) is 0 Å². The fourth-order valence-electron chi connectivity index (χ4n) is 5.14. The molecule has 0 radical (unpaired) electrons. The zero-order chi connectivity index (χ0) is 27.1. The lowest BCUT2D eigenvalue weighted by atomic mass is 10.0. The number of rotatable bonds is 30. The average Bonchev–Trinajstić information content (AvgIpc) is 2.91. The molecule has 0 aliphatic heterocycles. The van der Waals surface area contributed by atoms with Gasteiger partial charge in [-0.05, 0) is 38.5 Å². The van der Waals surface area contributed by atoms with Crippen molar-refractivity contribution < 1.29 is 14.6 Å². The number of allylic oxidation sites excluding steroid dienone is 2. The summed E-state index contributed by atoms with van der Waals surface area (Å²) >= 11 is 0. The maximum atomic E-state index is 11.1. The summed E-state index contributed by atoms with van der Waals surface area (Å²) in [4.78, 5) is 11.1. The molecule has 0 aromatic heterocycles. The van der Waals surface area contributed by atoms with E-state index in [1.807, 2.05) is 0 Å². The Morgan fingerprint density at radius 2 is 0.838 bits per heavy atom. The van der Waals surface area contributed by atoms with Gasteiger partial charge in [-0.15, -0.1) is 0 Å². The van der Waals surface area contributed by atoms with Crippen LogP contribution in [0.2, 0.25) is 0 Å². The molecule has 0 amide bonds. The van der Waals surface area contributed by atoms with E-state index in [4.69, 9.17) is 0 Å². The van der Waals surface area contributed by atoms with Crippen LogP contribution in [0, 0.1) is 0 Å². The summed E-state index contributed by atoms with van der Waals surface area (Å²) in [5.41, 5.74) is 0. The molecule has 0 aromatic carbocycles. The third-order valence-corrected chi connectivity index (χ3v) is 7.71. The molecule has 0 spiro atoms. The highest BCUT2D eigenvalue weighted by molar-refractivity contribution is 5.74. The predicted molar refractivity (Wildman–Crippen MR) is 162 cm³/mol. The first-order chi connectivity index (χ1) is 18.2. The fraction of sp³-hybridized carbons (Fsp3) is 0.912. The summed E-state index contributed by atoms with van der Waals surface area (Å²) in [5.74, 6) is -0.518. The van der Waals surface area contributed by atoms with Gasteiger partial charge in [-0.3, -0.25) is 0 Å². The Morgan fingerprint density at radius 3 is 1.16 bits per heavy atom. The van der Waals surface area contributed by atoms with Gasteiger partial charge >= 0.3 is 5.97 Å². The van der Waals surface area contributed by atoms with Crippen molar-refractivity contribution in [3.8, 4) is 0 Å². The van der Waals surface area contributed by atoms with Crippen LogP contribution in [-0.4, -0.2) is 24.3 Å². The quantitative estimate of drug-likeness (QED) is 0.0579. The summed E-state index contributed by atoms with van der Waals surface area (Å²) < 4.78 is 4.52. The van der Waals surface area contributed by atoms with E-state index in [9.17, 15) is 9.90 Å². The molecular weight excluding hydrogens is 456 g/mol. The summed E-state index contributed by atoms with van der Waals surface area (Å²) in [7, 11) is 1.32. The lowest BCUT2D eigenvalue weighted by molar-refractivity contribution is -0.150. The number of aliphatic hydroxyl groups is 1. The Hall–Kier alpha value is -0.830. The van der Waals surface area contributed by atoms with Gasteiger partial charge in [0.05, 0.1) is 7.11 Å². The van der Waals surface area contributed by atoms with Crippen LogP contribution in [-0.2, 0) is 9.53 Å². The molecule has 37 heavy (non-hydrogen) atoms. The second-order valence-corrected chi connectivity index (χ2v) is 11.4. The minimum atomic E-state index is -0.956. The molecule has 0 aliphatic rings. The highest BCUT2D eigenvalue weighted by Crippen LogP contribution is 2.16. The van der Waals surface area contributed by atoms with E-state index in [0.29, 0.717) is 6.42 Å². The zero-order valence-corrected chi connectivity index (χ0v) is 25.3. The summed E-state index contributed by atoms with van der Waals surface area (Å²) in [6.45, 7) is 2.30. The summed E-state index contributed by atoms with van der Waals surface area (Å²) in [5, 5.41) is 9.53. The molecule has 0 aromatic rings. The number of carbonyl (C=O) groups is 1. The first-order valence-corrected chi connectivity index (χ1v) is 16.6. The SMILES string of the molecule is CCCCCCCCCCCCCCCCCCCCCCCCC/C=C/CCCC[C@H](O)C(=O)OC. The Bertz CT molecular complexity index is 474. The van der Waals surface area contributed by atoms with E-state index >= 15 is 0 Å². The van der Waals surface area contributed by atoms with E-state index in [2.05, 4.69) is 23.8 Å². The van der Waals surface area contributed by atoms with Gasteiger partial charge in [-0.1, -0.05) is 160 Å². The van der Waals surface area contributed by atoms with Crippen molar-refractivity contribution in [2.45, 2.75) is 193 Å². The fourth-order valence-corrected chi connectivity index (χ4v) is 5.14. The van der Waals surface area contributed by atoms with Crippen LogP contribution in [0.25, 0.3) is 0 Å². The van der Waals surface area contributed by atoms with E-state index in [-0.39, 0.29) is 0 Å². The van der Waals surface area contributed by atoms with E-state index in [0.717, 1.165) is 19.3 Å². The highest BCUT2D eigenvalue weighted by Gasteiger charge is 2.13. The van der Waals surface area contributed by atoms with Crippen molar-refractivity contribution in [2.75, 3.05) is 7.11 Å². The van der Waals surface area contributed by atoms with Crippen LogP contribution in [0.5, 0.6) is 0 Å². The molecule has 3 nitrogen and oxygen atoms in total. The summed E-state index contributed by atoms with van der Waals surface area (Å²) in [6.07, 6.45) is 41.2. The van der Waals surface area contributed by atoms with Crippen molar-refractivity contribution in [1.29, 1.82) is 0 Å². The van der Waals surface area contributed by atoms with Crippen LogP contribution in [0.3, 0.4) is 0 Å². The van der Waals surface area contributed by atoms with Crippen LogP contribution >= 0.6 is 0 Å². The number of esters is 1. The van der Waals surface area contributed by atoms with Crippen molar-refractivity contribution in [3.63, 3.8) is 0 Å². The van der Waals surface area contributed by atoms with Gasteiger partial charge in [0.1, 0.15) is 0 Å². The summed E-state index contributed by atoms with van der Waals surface area (Å²) in [6, 6.07) is 0. The Labute approximate surface area is 232 Å². The minimum absolute atomic E-state index is 0.500. The largest absolute Gasteiger partial charge is 0.467 e. The second kappa shape index (κ2) is 31.4. The number of unbranched alkanes of at least 4 members (excludes halogenated alkanes) is 25. The molecule has 0 heterocycles. The van der Waals surface area contributed by atoms with Crippen LogP contribution in [0.4, 0.5) is 0 Å². The van der Waals surface area contributed by atoms with Gasteiger partial charge in [0, 0.05) is 0 Å². The van der Waals surface area contributed by atoms with Crippen molar-refractivity contribution in [2.24, 2.45) is 0 Å². The average molecular weight is 523 g/mol. The van der Waals surface area contributed by atoms with Crippen LogP contribution in [0.1, 0.15) is 187 Å². The third-order valence-electron chi connectivity index (χ3n) is 7.71. The second-order valence-electron chi connectivity index (χ2n) is 11.4. The topological polar surface area (TPSA) is 46.5 Å². The molecule has 0 saturated carbocycles. The molecule has 3 heteroatoms. The lowest BCUT2D eigenvalue weighted by Gasteiger charge is -2.06. The number of carbonyl (C=O) groups excluding carboxylic acids is 1. The predicted octanol–water partition coefficient (Wildman–Crippen LogP) is 11.0. The number of methoxy groups -OCH3 is 1. The number of hydrogen-bond acceptors (Lipinski definition) is 3. The van der Waals surface area contributed by atoms with Gasteiger partial charge in [-0.25, -0.2) is 4.79 Å². The Kier molecular flexibility index (Phi) is 30.7. The molecule has 0 aliphatic carbocycles. The van der Waals surface area contributed by atoms with E-state index in [1.165, 1.54) is 161 Å². The first-order valence-electron chi connectivity index (χ1n) is 16.6. The van der Waals surface area contributed by atoms with Crippen LogP contribution in [0.15, 0.2) is 12.2 Å². The standard InChI is InChI=1S/C34H66O3/c1-3-4-5-6-7-8-9-10-11-12-13-14-15-16-17-18-19-20-21-22-23-24-25-26-27-28-29-30-31-32-33(35)34(36)37-2/h27-28,33,35H,3-26,29-32H2,1-2H3/b28-27+/t33-/m0/s1. The number of hydrogen-bond donors (Lipinski definition) is 1. The normalized spacial score (nSPS) is 12.4. The van der Waals surface area contributed by atoms with E-state index in [1.54, 1.807) is 0 Å². The van der Waals surface area contributed by atoms with Gasteiger partial charge in [0.2, 0.25) is 0 Å². The Balaban J connectivity index is 3.13. The highest BCUT2D eigenvalue weighted by atomic mass is 16.5. The van der Waals surface area contributed by atoms with Gasteiger partial charge in [-0.2, -0.15) is 0 Å². The van der Waals surface area contributed by atoms with Crippen molar-refractivity contribution in [3.05, 3.63) is 12.2 Å². The smallest absolute Gasteiger partial charge is 0.334 e. The molecule has 0 unspecified atom stereocenters. The van der Waals surface area contributed by atoms with E-state index < -0.39 is 12.1 Å². The van der Waals surface area contributed by atoms with Crippen molar-refractivity contribution >= 4 is 5.97 Å². The number of ether oxygens (including phenoxy) is 1. The molecule has 0 fully saturated rings. The Morgan fingerprint density at radius 1 is 0.541 bits per heavy atom. The molecule has 0 bridgehead atoms. The maximum absolute atomic E-state index is 11.1. The molecule has 0 saturated heterocycles. The lowest BCUT2D eigenvalue weighted by Crippen LogP contribution is -2.21. The zero-order valence-electron chi connectivity index (χ0n) is 25.3. The first kappa shape index (κ1) is 36.2. The molecule has 1 N–H and O–H groups in total.